The van der Waals surface area contributed by atoms with Gasteiger partial charge in [0.15, 0.2) is 5.82 Å². The Labute approximate surface area is 374 Å². The molecular weight excluding hydrogens is 820 g/mol. The lowest BCUT2D eigenvalue weighted by Gasteiger charge is -2.63. The molecule has 1 saturated heterocycles. The first-order valence-electron chi connectivity index (χ1n) is 22.1. The van der Waals surface area contributed by atoms with E-state index in [0.29, 0.717) is 59.2 Å². The molecule has 4 aliphatic rings. The number of carbonyl (C=O) groups excluding carboxylic acids is 2. The van der Waals surface area contributed by atoms with Crippen molar-refractivity contribution in [2.75, 3.05) is 53.4 Å². The van der Waals surface area contributed by atoms with Crippen molar-refractivity contribution in [3.63, 3.8) is 0 Å². The Hall–Kier alpha value is -5.72. The summed E-state index contributed by atoms with van der Waals surface area (Å²) in [4.78, 5) is 51.5. The van der Waals surface area contributed by atoms with Gasteiger partial charge in [0.1, 0.15) is 42.0 Å². The first-order chi connectivity index (χ1) is 30.3. The van der Waals surface area contributed by atoms with Gasteiger partial charge in [-0.2, -0.15) is 10.2 Å². The fraction of sp³-hybridized carbons (Fsp3) is 0.511. The van der Waals surface area contributed by atoms with E-state index in [0.717, 1.165) is 68.8 Å². The average Bonchev–Trinajstić information content (AvgIpc) is 3.82. The predicted molar refractivity (Wildman–Crippen MR) is 242 cm³/mol. The van der Waals surface area contributed by atoms with Crippen molar-refractivity contribution in [1.29, 1.82) is 5.26 Å². The van der Waals surface area contributed by atoms with E-state index in [1.54, 1.807) is 48.7 Å². The number of anilines is 5. The molecule has 8 rings (SSSR count). The van der Waals surface area contributed by atoms with Gasteiger partial charge in [0.05, 0.1) is 40.7 Å². The van der Waals surface area contributed by atoms with Crippen molar-refractivity contribution in [3.05, 3.63) is 77.2 Å². The Bertz CT molecular complexity index is 2330. The van der Waals surface area contributed by atoms with Crippen LogP contribution < -0.4 is 34.8 Å². The first-order valence-corrected chi connectivity index (χ1v) is 22.5. The molecule has 0 spiro atoms. The minimum atomic E-state index is -0.392. The fourth-order valence-electron chi connectivity index (χ4n) is 10.3. The lowest BCUT2D eigenvalue weighted by molar-refractivity contribution is -0.164. The van der Waals surface area contributed by atoms with Crippen LogP contribution in [0.5, 0.6) is 11.5 Å². The van der Waals surface area contributed by atoms with Crippen molar-refractivity contribution in [1.82, 2.24) is 25.3 Å². The van der Waals surface area contributed by atoms with Crippen LogP contribution in [-0.2, 0) is 9.53 Å². The molecule has 4 heterocycles. The molecule has 0 unspecified atom stereocenters. The number of halogens is 1. The fourth-order valence-corrected chi connectivity index (χ4v) is 10.5. The van der Waals surface area contributed by atoms with Crippen LogP contribution in [0.2, 0.25) is 5.02 Å². The molecule has 2 amide bonds. The molecule has 1 atom stereocenters. The molecule has 2 aliphatic heterocycles. The third kappa shape index (κ3) is 8.80. The van der Waals surface area contributed by atoms with E-state index < -0.39 is 10.8 Å². The number of hydrogen-bond donors (Lipinski definition) is 2. The maximum atomic E-state index is 13.4. The number of aromatic nitrogens is 4. The number of likely N-dealkylation sites (N-methyl/N-ethyl adjacent to an activating group) is 1. The molecule has 63 heavy (non-hydrogen) atoms. The number of nitrogens with zero attached hydrogens (tertiary/aromatic N) is 8. The van der Waals surface area contributed by atoms with Crippen molar-refractivity contribution in [2.45, 2.75) is 110 Å². The van der Waals surface area contributed by atoms with E-state index in [9.17, 15) is 14.9 Å². The number of nitrogens with one attached hydrogen (secondary N) is 2. The number of fused-ring (bicyclic) bond motifs is 1. The Kier molecular flexibility index (Phi) is 12.7. The SMILES string of the molecule is CC[C@@H]1C(=O)N(C)c2cnc(Nc3ccccc3OCCOC3CCN(c4ncc(C(=O)NC5C(C)(C)C(Oc6ccc(C#N)c(Cl)c6)C5(C)C)cn4)CC3)nc2N1C1CCCC1. The molecular formula is C47H57ClN10O5. The second-order valence-electron chi connectivity index (χ2n) is 18.2. The van der Waals surface area contributed by atoms with Crippen LogP contribution in [0.1, 0.15) is 95.5 Å². The van der Waals surface area contributed by atoms with Gasteiger partial charge in [-0.25, -0.2) is 15.0 Å². The van der Waals surface area contributed by atoms with Gasteiger partial charge in [0, 0.05) is 61.5 Å². The number of rotatable bonds is 14. The molecule has 2 N–H and O–H groups in total. The highest BCUT2D eigenvalue weighted by Crippen LogP contribution is 2.55. The summed E-state index contributed by atoms with van der Waals surface area (Å²) in [6.07, 6.45) is 11.5. The zero-order valence-electron chi connectivity index (χ0n) is 36.9. The van der Waals surface area contributed by atoms with Crippen molar-refractivity contribution in [2.24, 2.45) is 10.8 Å². The lowest BCUT2D eigenvalue weighted by atomic mass is 9.49. The summed E-state index contributed by atoms with van der Waals surface area (Å²) in [6, 6.07) is 14.7. The zero-order valence-corrected chi connectivity index (χ0v) is 37.7. The molecule has 2 aromatic carbocycles. The van der Waals surface area contributed by atoms with Crippen LogP contribution in [0.15, 0.2) is 61.1 Å². The van der Waals surface area contributed by atoms with E-state index in [2.05, 4.69) is 76.1 Å². The van der Waals surface area contributed by atoms with Crippen LogP contribution in [0.25, 0.3) is 0 Å². The molecule has 15 nitrogen and oxygen atoms in total. The third-order valence-electron chi connectivity index (χ3n) is 13.3. The zero-order chi connectivity index (χ0) is 44.5. The molecule has 3 fully saturated rings. The van der Waals surface area contributed by atoms with Gasteiger partial charge in [0.2, 0.25) is 17.8 Å². The Morgan fingerprint density at radius 2 is 1.68 bits per heavy atom. The topological polar surface area (TPSA) is 171 Å². The molecule has 2 aliphatic carbocycles. The van der Waals surface area contributed by atoms with Gasteiger partial charge >= 0.3 is 0 Å². The summed E-state index contributed by atoms with van der Waals surface area (Å²) in [5.41, 5.74) is 1.47. The third-order valence-corrected chi connectivity index (χ3v) is 13.6. The van der Waals surface area contributed by atoms with E-state index >= 15 is 0 Å². The van der Waals surface area contributed by atoms with Crippen molar-refractivity contribution >= 4 is 52.5 Å². The summed E-state index contributed by atoms with van der Waals surface area (Å²) >= 11 is 6.25. The van der Waals surface area contributed by atoms with Gasteiger partial charge in [-0.15, -0.1) is 0 Å². The van der Waals surface area contributed by atoms with Crippen LogP contribution in [0, 0.1) is 22.2 Å². The number of hydrogen-bond acceptors (Lipinski definition) is 13. The Balaban J connectivity index is 0.797. The van der Waals surface area contributed by atoms with Gasteiger partial charge in [-0.3, -0.25) is 9.59 Å². The van der Waals surface area contributed by atoms with E-state index in [1.165, 1.54) is 0 Å². The summed E-state index contributed by atoms with van der Waals surface area (Å²) in [6.45, 7) is 12.6. The second-order valence-corrected chi connectivity index (χ2v) is 18.6. The molecule has 2 saturated carbocycles. The standard InChI is InChI=1S/C47H57ClN10O5/c1-7-36-41(60)56(6)37-28-50-44(54-39(37)58(36)31-12-8-9-13-31)53-35-14-10-11-15-38(35)62-23-22-61-32-18-20-57(21-19-32)45-51-26-30(27-52-45)40(59)55-42-46(2,3)43(47(42,4)5)63-33-17-16-29(25-49)34(48)24-33/h10-11,14-17,24,26-28,31-32,36,42-43H,7-9,12-13,18-23H2,1-6H3,(H,55,59)(H,50,53,54)/t36-,42?,43?/m1/s1. The molecule has 0 bridgehead atoms. The summed E-state index contributed by atoms with van der Waals surface area (Å²) < 4.78 is 18.8. The molecule has 2 aromatic heterocycles. The van der Waals surface area contributed by atoms with E-state index in [4.69, 9.17) is 30.8 Å². The molecule has 16 heteroatoms. The maximum Gasteiger partial charge on any atom is 0.254 e. The number of amides is 2. The first kappa shape index (κ1) is 43.9. The van der Waals surface area contributed by atoms with E-state index in [1.807, 2.05) is 24.3 Å². The number of carbonyl (C=O) groups is 2. The highest BCUT2D eigenvalue weighted by atomic mass is 35.5. The van der Waals surface area contributed by atoms with Crippen molar-refractivity contribution in [3.8, 4) is 17.6 Å². The monoisotopic (exact) mass is 876 g/mol. The minimum Gasteiger partial charge on any atom is -0.489 e. The average molecular weight is 877 g/mol. The van der Waals surface area contributed by atoms with Gasteiger partial charge < -0.3 is 39.5 Å². The van der Waals surface area contributed by atoms with Crippen LogP contribution in [0.3, 0.4) is 0 Å². The quantitative estimate of drug-likeness (QED) is 0.118. The summed E-state index contributed by atoms with van der Waals surface area (Å²) in [5.74, 6) is 2.92. The highest BCUT2D eigenvalue weighted by molar-refractivity contribution is 6.31. The molecule has 4 aromatic rings. The van der Waals surface area contributed by atoms with Crippen LogP contribution >= 0.6 is 11.6 Å². The largest absolute Gasteiger partial charge is 0.489 e. The van der Waals surface area contributed by atoms with Gasteiger partial charge in [-0.1, -0.05) is 71.2 Å². The number of piperidine rings is 1. The smallest absolute Gasteiger partial charge is 0.254 e. The normalized spacial score (nSPS) is 21.9. The van der Waals surface area contributed by atoms with Crippen molar-refractivity contribution < 1.29 is 23.8 Å². The lowest BCUT2D eigenvalue weighted by Crippen LogP contribution is -2.74. The number of para-hydroxylation sites is 2. The van der Waals surface area contributed by atoms with Crippen LogP contribution in [-0.4, -0.2) is 95.4 Å². The summed E-state index contributed by atoms with van der Waals surface area (Å²) in [5, 5.41) is 16.1. The molecule has 332 valence electrons. The van der Waals surface area contributed by atoms with Gasteiger partial charge in [-0.05, 0) is 56.4 Å². The Morgan fingerprint density at radius 3 is 2.37 bits per heavy atom. The summed E-state index contributed by atoms with van der Waals surface area (Å²) in [7, 11) is 1.81. The Morgan fingerprint density at radius 1 is 0.968 bits per heavy atom. The van der Waals surface area contributed by atoms with Crippen LogP contribution in [0.4, 0.5) is 29.1 Å². The number of nitriles is 1. The number of ether oxygens (including phenoxy) is 3. The highest BCUT2D eigenvalue weighted by Gasteiger charge is 2.64. The second kappa shape index (κ2) is 18.2. The molecule has 0 radical (unpaired) electrons. The predicted octanol–water partition coefficient (Wildman–Crippen LogP) is 7.72. The maximum absolute atomic E-state index is 13.4. The minimum absolute atomic E-state index is 0.0721. The van der Waals surface area contributed by atoms with E-state index in [-0.39, 0.29) is 42.1 Å². The number of benzene rings is 2. The van der Waals surface area contributed by atoms with Gasteiger partial charge in [0.25, 0.3) is 5.91 Å².